The predicted molar refractivity (Wildman–Crippen MR) is 107 cm³/mol. The Morgan fingerprint density at radius 3 is 2.00 bits per heavy atom. The molecule has 0 aliphatic rings. The van der Waals surface area contributed by atoms with E-state index in [0.29, 0.717) is 0 Å². The van der Waals surface area contributed by atoms with Gasteiger partial charge in [0.1, 0.15) is 0 Å². The fraction of sp³-hybridized carbons (Fsp3) is 0.0588. The van der Waals surface area contributed by atoms with Crippen LogP contribution in [0, 0.1) is 0 Å². The van der Waals surface area contributed by atoms with Gasteiger partial charge in [0.25, 0.3) is 10.0 Å². The topological polar surface area (TPSA) is 89.5 Å². The Labute approximate surface area is 179 Å². The van der Waals surface area contributed by atoms with E-state index in [1.807, 2.05) is 0 Å². The van der Waals surface area contributed by atoms with Crippen LogP contribution in [0.1, 0.15) is 0 Å². The van der Waals surface area contributed by atoms with Crippen LogP contribution < -0.4 is 8.91 Å². The molecule has 3 aromatic carbocycles. The molecule has 160 valence electrons. The van der Waals surface area contributed by atoms with Gasteiger partial charge in [-0.1, -0.05) is 47.5 Å². The summed E-state index contributed by atoms with van der Waals surface area (Å²) in [5.74, 6) is -0.614. The fourth-order valence-electron chi connectivity index (χ4n) is 2.50. The van der Waals surface area contributed by atoms with Gasteiger partial charge in [-0.25, -0.2) is 8.42 Å². The Bertz CT molecular complexity index is 1320. The summed E-state index contributed by atoms with van der Waals surface area (Å²) >= 11 is 11.7. The molecule has 0 fully saturated rings. The van der Waals surface area contributed by atoms with Crippen LogP contribution in [0.5, 0.6) is 5.75 Å². The van der Waals surface area contributed by atoms with E-state index in [-0.39, 0.29) is 31.4 Å². The lowest BCUT2D eigenvalue weighted by atomic mass is 10.1. The number of halogens is 5. The third-order valence-electron chi connectivity index (χ3n) is 3.76. The molecular weight excluding hydrogens is 490 g/mol. The largest absolute Gasteiger partial charge is 0.534 e. The Morgan fingerprint density at radius 1 is 0.833 bits per heavy atom. The molecule has 0 radical (unpaired) electrons. The second-order valence-electron chi connectivity index (χ2n) is 5.85. The molecule has 13 heteroatoms. The van der Waals surface area contributed by atoms with Crippen molar-refractivity contribution in [3.05, 3.63) is 64.6 Å². The van der Waals surface area contributed by atoms with Gasteiger partial charge in [0.15, 0.2) is 5.75 Å². The van der Waals surface area contributed by atoms with Crippen molar-refractivity contribution in [2.75, 3.05) is 4.72 Å². The fourth-order valence-corrected chi connectivity index (χ4v) is 4.78. The summed E-state index contributed by atoms with van der Waals surface area (Å²) in [5, 5.41) is 0.196. The van der Waals surface area contributed by atoms with Crippen molar-refractivity contribution >= 4 is 59.8 Å². The van der Waals surface area contributed by atoms with Crippen molar-refractivity contribution in [2.24, 2.45) is 0 Å². The molecule has 3 rings (SSSR count). The number of benzene rings is 3. The first-order valence-corrected chi connectivity index (χ1v) is 11.5. The minimum Gasteiger partial charge on any atom is -0.375 e. The van der Waals surface area contributed by atoms with Crippen LogP contribution in [0.2, 0.25) is 10.0 Å². The third kappa shape index (κ3) is 4.59. The van der Waals surface area contributed by atoms with Crippen molar-refractivity contribution in [1.29, 1.82) is 0 Å². The lowest BCUT2D eigenvalue weighted by Crippen LogP contribution is -2.28. The van der Waals surface area contributed by atoms with Crippen LogP contribution in [0.3, 0.4) is 0 Å². The molecule has 0 bridgehead atoms. The summed E-state index contributed by atoms with van der Waals surface area (Å²) < 4.78 is 92.5. The first-order chi connectivity index (χ1) is 13.8. The predicted octanol–water partition coefficient (Wildman–Crippen LogP) is 5.18. The molecule has 0 saturated carbocycles. The Morgan fingerprint density at radius 2 is 1.40 bits per heavy atom. The van der Waals surface area contributed by atoms with Crippen LogP contribution in [-0.4, -0.2) is 22.3 Å². The molecule has 1 N–H and O–H groups in total. The van der Waals surface area contributed by atoms with Crippen LogP contribution in [-0.2, 0) is 20.1 Å². The Balaban J connectivity index is 2.07. The van der Waals surface area contributed by atoms with Gasteiger partial charge in [-0.2, -0.15) is 21.6 Å². The zero-order chi connectivity index (χ0) is 22.3. The number of alkyl halides is 3. The molecule has 6 nitrogen and oxygen atoms in total. The first kappa shape index (κ1) is 22.5. The molecule has 0 unspecified atom stereocenters. The molecule has 0 aromatic heterocycles. The average Bonchev–Trinajstić information content (AvgIpc) is 2.60. The molecule has 0 aliphatic heterocycles. The molecule has 0 saturated heterocycles. The average molecular weight is 500 g/mol. The van der Waals surface area contributed by atoms with Gasteiger partial charge in [-0.15, -0.1) is 0 Å². The summed E-state index contributed by atoms with van der Waals surface area (Å²) in [6.45, 7) is 0. The summed E-state index contributed by atoms with van der Waals surface area (Å²) in [6.07, 6.45) is 0. The van der Waals surface area contributed by atoms with Gasteiger partial charge in [-0.3, -0.25) is 4.72 Å². The molecule has 0 heterocycles. The van der Waals surface area contributed by atoms with Crippen molar-refractivity contribution < 1.29 is 34.2 Å². The normalized spacial score (nSPS) is 12.7. The number of rotatable bonds is 5. The van der Waals surface area contributed by atoms with Crippen LogP contribution in [0.25, 0.3) is 10.8 Å². The van der Waals surface area contributed by atoms with E-state index in [4.69, 9.17) is 23.2 Å². The van der Waals surface area contributed by atoms with Crippen LogP contribution >= 0.6 is 23.2 Å². The van der Waals surface area contributed by atoms with E-state index in [1.54, 1.807) is 0 Å². The SMILES string of the molecule is O=S(=O)(Nc1cccc2c(OS(=O)(=O)C(F)(F)F)cccc12)c1cc(Cl)cc(Cl)c1. The molecule has 3 aromatic rings. The van der Waals surface area contributed by atoms with Crippen LogP contribution in [0.15, 0.2) is 59.5 Å². The zero-order valence-corrected chi connectivity index (χ0v) is 17.6. The van der Waals surface area contributed by atoms with Crippen LogP contribution in [0.4, 0.5) is 18.9 Å². The minimum absolute atomic E-state index is 0.0292. The van der Waals surface area contributed by atoms with E-state index in [1.165, 1.54) is 36.4 Å². The number of fused-ring (bicyclic) bond motifs is 1. The highest BCUT2D eigenvalue weighted by molar-refractivity contribution is 7.92. The van der Waals surface area contributed by atoms with Gasteiger partial charge < -0.3 is 4.18 Å². The number of hydrogen-bond acceptors (Lipinski definition) is 5. The summed E-state index contributed by atoms with van der Waals surface area (Å²) in [7, 11) is -10.1. The van der Waals surface area contributed by atoms with Gasteiger partial charge in [0.2, 0.25) is 0 Å². The highest BCUT2D eigenvalue weighted by Crippen LogP contribution is 2.35. The summed E-state index contributed by atoms with van der Waals surface area (Å²) in [5.41, 5.74) is -5.65. The van der Waals surface area contributed by atoms with E-state index in [0.717, 1.165) is 18.2 Å². The summed E-state index contributed by atoms with van der Waals surface area (Å²) in [4.78, 5) is -0.246. The van der Waals surface area contributed by atoms with E-state index < -0.39 is 31.4 Å². The summed E-state index contributed by atoms with van der Waals surface area (Å²) in [6, 6.07) is 11.2. The lowest BCUT2D eigenvalue weighted by molar-refractivity contribution is -0.0499. The number of sulfonamides is 1. The van der Waals surface area contributed by atoms with Crippen molar-refractivity contribution in [3.8, 4) is 5.75 Å². The second-order valence-corrected chi connectivity index (χ2v) is 9.94. The van der Waals surface area contributed by atoms with E-state index in [9.17, 15) is 30.0 Å². The first-order valence-electron chi connectivity index (χ1n) is 7.81. The molecule has 0 amide bonds. The third-order valence-corrected chi connectivity index (χ3v) is 6.50. The van der Waals surface area contributed by atoms with Gasteiger partial charge >= 0.3 is 15.6 Å². The molecular formula is C17H10Cl2F3NO5S2. The number of nitrogens with one attached hydrogen (secondary N) is 1. The lowest BCUT2D eigenvalue weighted by Gasteiger charge is -2.14. The highest BCUT2D eigenvalue weighted by atomic mass is 35.5. The van der Waals surface area contributed by atoms with Gasteiger partial charge in [0.05, 0.1) is 10.6 Å². The second kappa shape index (κ2) is 7.80. The molecule has 30 heavy (non-hydrogen) atoms. The maximum absolute atomic E-state index is 12.7. The Hall–Kier alpha value is -2.21. The zero-order valence-electron chi connectivity index (χ0n) is 14.4. The molecule has 0 aliphatic carbocycles. The smallest absolute Gasteiger partial charge is 0.375 e. The Kier molecular flexibility index (Phi) is 5.84. The van der Waals surface area contributed by atoms with Crippen molar-refractivity contribution in [2.45, 2.75) is 10.4 Å². The molecule has 0 atom stereocenters. The standard InChI is InChI=1S/C17H10Cl2F3NO5S2/c18-10-7-11(19)9-12(8-10)29(24,25)23-15-5-1-4-14-13(15)3-2-6-16(14)28-30(26,27)17(20,21)22/h1-9,23H. The van der Waals surface area contributed by atoms with Gasteiger partial charge in [-0.05, 0) is 30.3 Å². The maximum Gasteiger partial charge on any atom is 0.534 e. The molecule has 0 spiro atoms. The minimum atomic E-state index is -5.91. The quantitative estimate of drug-likeness (QED) is 0.386. The number of hydrogen-bond donors (Lipinski definition) is 1. The van der Waals surface area contributed by atoms with Crippen molar-refractivity contribution in [1.82, 2.24) is 0 Å². The van der Waals surface area contributed by atoms with E-state index in [2.05, 4.69) is 8.91 Å². The van der Waals surface area contributed by atoms with Gasteiger partial charge in [0, 0.05) is 20.8 Å². The monoisotopic (exact) mass is 499 g/mol. The van der Waals surface area contributed by atoms with E-state index >= 15 is 0 Å². The number of anilines is 1. The maximum atomic E-state index is 12.7. The highest BCUT2D eigenvalue weighted by Gasteiger charge is 2.48. The van der Waals surface area contributed by atoms with Crippen molar-refractivity contribution in [3.63, 3.8) is 0 Å².